The molecule has 0 aromatic heterocycles. The Labute approximate surface area is 155 Å². The van der Waals surface area contributed by atoms with Gasteiger partial charge in [-0.1, -0.05) is 12.1 Å². The van der Waals surface area contributed by atoms with Crippen LogP contribution in [0.1, 0.15) is 43.2 Å². The van der Waals surface area contributed by atoms with Crippen LogP contribution in [0, 0.1) is 11.6 Å². The minimum Gasteiger partial charge on any atom is -0.328 e. The Kier molecular flexibility index (Phi) is 5.31. The van der Waals surface area contributed by atoms with Crippen molar-refractivity contribution in [1.82, 2.24) is 0 Å². The van der Waals surface area contributed by atoms with Crippen molar-refractivity contribution in [2.24, 2.45) is 5.73 Å². The highest BCUT2D eigenvalue weighted by Crippen LogP contribution is 2.47. The number of benzene rings is 2. The molecule has 1 aliphatic carbocycles. The molecule has 0 saturated heterocycles. The van der Waals surface area contributed by atoms with Crippen LogP contribution in [0.2, 0.25) is 0 Å². The van der Waals surface area contributed by atoms with Gasteiger partial charge in [-0.3, -0.25) is 0 Å². The van der Waals surface area contributed by atoms with E-state index in [1.807, 2.05) is 0 Å². The Morgan fingerprint density at radius 2 is 1.59 bits per heavy atom. The van der Waals surface area contributed by atoms with Gasteiger partial charge in [0.1, 0.15) is 16.4 Å². The van der Waals surface area contributed by atoms with Crippen molar-refractivity contribution < 1.29 is 26.0 Å². The first-order chi connectivity index (χ1) is 12.7. The van der Waals surface area contributed by atoms with Crippen molar-refractivity contribution in [3.05, 3.63) is 65.2 Å². The summed E-state index contributed by atoms with van der Waals surface area (Å²) in [6.45, 7) is 0. The Morgan fingerprint density at radius 1 is 1.00 bits per heavy atom. The molecule has 0 aliphatic heterocycles. The smallest absolute Gasteiger partial charge is 0.263 e. The van der Waals surface area contributed by atoms with E-state index in [1.54, 1.807) is 0 Å². The molecule has 1 saturated carbocycles. The molecule has 0 radical (unpaired) electrons. The van der Waals surface area contributed by atoms with Crippen molar-refractivity contribution in [2.75, 3.05) is 0 Å². The topological polar surface area (TPSA) is 60.2 Å². The van der Waals surface area contributed by atoms with E-state index in [9.17, 15) is 26.0 Å². The Bertz CT molecular complexity index is 921. The summed E-state index contributed by atoms with van der Waals surface area (Å²) in [6, 6.07) is 6.72. The molecular formula is C19H19F4NO2S. The Morgan fingerprint density at radius 3 is 2.15 bits per heavy atom. The Hall–Kier alpha value is -1.93. The van der Waals surface area contributed by atoms with Crippen LogP contribution in [0.15, 0.2) is 47.4 Å². The van der Waals surface area contributed by atoms with Crippen LogP contribution in [-0.4, -0.2) is 14.5 Å². The lowest BCUT2D eigenvalue weighted by Gasteiger charge is -2.39. The maximum absolute atomic E-state index is 14.6. The molecule has 27 heavy (non-hydrogen) atoms. The van der Waals surface area contributed by atoms with Gasteiger partial charge in [-0.2, -0.15) is 0 Å². The first kappa shape index (κ1) is 19.8. The maximum atomic E-state index is 14.6. The fourth-order valence-electron chi connectivity index (χ4n) is 3.65. The minimum atomic E-state index is -4.19. The summed E-state index contributed by atoms with van der Waals surface area (Å²) >= 11 is 0. The van der Waals surface area contributed by atoms with Crippen molar-refractivity contribution in [3.8, 4) is 0 Å². The zero-order valence-electron chi connectivity index (χ0n) is 14.3. The summed E-state index contributed by atoms with van der Waals surface area (Å²) in [7, 11) is -4.19. The van der Waals surface area contributed by atoms with E-state index in [2.05, 4.69) is 0 Å². The normalized spacial score (nSPS) is 23.6. The van der Waals surface area contributed by atoms with E-state index in [0.717, 1.165) is 42.5 Å². The zero-order chi connectivity index (χ0) is 19.8. The lowest BCUT2D eigenvalue weighted by molar-refractivity contribution is 0.151. The second-order valence-electron chi connectivity index (χ2n) is 6.83. The molecular weight excluding hydrogens is 382 g/mol. The number of sulfone groups is 1. The molecule has 0 bridgehead atoms. The number of hydrogen-bond donors (Lipinski definition) is 1. The number of nitrogens with two attached hydrogens (primary N) is 1. The van der Waals surface area contributed by atoms with E-state index in [1.165, 1.54) is 0 Å². The fourth-order valence-corrected chi connectivity index (χ4v) is 5.82. The molecule has 1 fully saturated rings. The van der Waals surface area contributed by atoms with Crippen LogP contribution in [0.4, 0.5) is 17.6 Å². The molecule has 2 N–H and O–H groups in total. The number of rotatable bonds is 4. The van der Waals surface area contributed by atoms with Gasteiger partial charge in [-0.25, -0.2) is 26.0 Å². The summed E-state index contributed by atoms with van der Waals surface area (Å²) in [5.74, 6) is -1.57. The third-order valence-corrected chi connectivity index (χ3v) is 7.76. The standard InChI is InChI=1S/C19H19F4NO2S/c20-13-3-6-17(21)16(11-13)19(9-7-14(24)8-10-19)27(25,26)15-4-1-12(2-5-15)18(22)23/h1-6,11,14,18H,7-10,24H2. The van der Waals surface area contributed by atoms with Gasteiger partial charge in [0.15, 0.2) is 9.84 Å². The molecule has 146 valence electrons. The molecule has 3 nitrogen and oxygen atoms in total. The van der Waals surface area contributed by atoms with Gasteiger partial charge in [-0.05, 0) is 56.0 Å². The molecule has 0 heterocycles. The third-order valence-electron chi connectivity index (χ3n) is 5.21. The Balaban J connectivity index is 2.17. The number of halogens is 4. The van der Waals surface area contributed by atoms with Crippen molar-refractivity contribution in [3.63, 3.8) is 0 Å². The lowest BCUT2D eigenvalue weighted by Crippen LogP contribution is -2.43. The van der Waals surface area contributed by atoms with Gasteiger partial charge in [0.2, 0.25) is 0 Å². The first-order valence-electron chi connectivity index (χ1n) is 8.51. The van der Waals surface area contributed by atoms with Crippen LogP contribution in [0.5, 0.6) is 0 Å². The summed E-state index contributed by atoms with van der Waals surface area (Å²) in [6.07, 6.45) is -2.04. The van der Waals surface area contributed by atoms with E-state index >= 15 is 0 Å². The highest BCUT2D eigenvalue weighted by Gasteiger charge is 2.49. The second-order valence-corrected chi connectivity index (χ2v) is 9.09. The van der Waals surface area contributed by atoms with Crippen LogP contribution in [-0.2, 0) is 14.6 Å². The monoisotopic (exact) mass is 401 g/mol. The third kappa shape index (κ3) is 3.48. The van der Waals surface area contributed by atoms with Gasteiger partial charge in [0.05, 0.1) is 4.90 Å². The van der Waals surface area contributed by atoms with Gasteiger partial charge in [0, 0.05) is 17.2 Å². The van der Waals surface area contributed by atoms with Crippen molar-refractivity contribution in [2.45, 2.75) is 47.8 Å². The second kappa shape index (κ2) is 7.24. The van der Waals surface area contributed by atoms with Gasteiger partial charge in [-0.15, -0.1) is 0 Å². The van der Waals surface area contributed by atoms with E-state index in [4.69, 9.17) is 5.73 Å². The summed E-state index contributed by atoms with van der Waals surface area (Å²) < 4.78 is 79.1. The molecule has 3 rings (SSSR count). The summed E-state index contributed by atoms with van der Waals surface area (Å²) in [5.41, 5.74) is 5.33. The summed E-state index contributed by atoms with van der Waals surface area (Å²) in [4.78, 5) is -0.203. The van der Waals surface area contributed by atoms with Crippen LogP contribution < -0.4 is 5.73 Å². The molecule has 1 aliphatic rings. The van der Waals surface area contributed by atoms with Crippen LogP contribution >= 0.6 is 0 Å². The van der Waals surface area contributed by atoms with Gasteiger partial charge >= 0.3 is 0 Å². The van der Waals surface area contributed by atoms with Gasteiger partial charge < -0.3 is 5.73 Å². The van der Waals surface area contributed by atoms with E-state index in [-0.39, 0.29) is 34.9 Å². The highest BCUT2D eigenvalue weighted by atomic mass is 32.2. The average molecular weight is 401 g/mol. The first-order valence-corrected chi connectivity index (χ1v) is 9.99. The van der Waals surface area contributed by atoms with Crippen LogP contribution in [0.3, 0.4) is 0 Å². The number of alkyl halides is 2. The quantitative estimate of drug-likeness (QED) is 0.769. The molecule has 8 heteroatoms. The zero-order valence-corrected chi connectivity index (χ0v) is 15.2. The van der Waals surface area contributed by atoms with Gasteiger partial charge in [0.25, 0.3) is 6.43 Å². The van der Waals surface area contributed by atoms with Crippen LogP contribution in [0.25, 0.3) is 0 Å². The summed E-state index contributed by atoms with van der Waals surface area (Å²) in [5, 5.41) is 0. The molecule has 2 aromatic rings. The highest BCUT2D eigenvalue weighted by molar-refractivity contribution is 7.92. The van der Waals surface area contributed by atoms with E-state index < -0.39 is 32.6 Å². The largest absolute Gasteiger partial charge is 0.328 e. The lowest BCUT2D eigenvalue weighted by atomic mass is 9.81. The molecule has 0 amide bonds. The SMILES string of the molecule is NC1CCC(c2cc(F)ccc2F)(S(=O)(=O)c2ccc(C(F)F)cc2)CC1. The maximum Gasteiger partial charge on any atom is 0.263 e. The molecule has 0 atom stereocenters. The molecule has 2 aromatic carbocycles. The number of hydrogen-bond acceptors (Lipinski definition) is 3. The van der Waals surface area contributed by atoms with E-state index in [0.29, 0.717) is 12.8 Å². The van der Waals surface area contributed by atoms with Crippen molar-refractivity contribution >= 4 is 9.84 Å². The fraction of sp³-hybridized carbons (Fsp3) is 0.368. The molecule has 0 unspecified atom stereocenters. The molecule has 0 spiro atoms. The van der Waals surface area contributed by atoms with Crippen molar-refractivity contribution in [1.29, 1.82) is 0 Å². The predicted molar refractivity (Wildman–Crippen MR) is 93.1 cm³/mol. The minimum absolute atomic E-state index is 0.0213. The average Bonchev–Trinajstić information content (AvgIpc) is 2.64. The predicted octanol–water partition coefficient (Wildman–Crippen LogP) is 4.47.